The number of carboxylic acid groups (broad SMARTS) is 1. The fourth-order valence-electron chi connectivity index (χ4n) is 0.364. The number of nitrogens with zero attached hydrogens (tertiary/aromatic N) is 2. The number of rotatable bonds is 4. The van der Waals surface area contributed by atoms with E-state index in [0.29, 0.717) is 0 Å². The molecule has 6 nitrogen and oxygen atoms in total. The van der Waals surface area contributed by atoms with Gasteiger partial charge in [0.15, 0.2) is 5.84 Å². The molecule has 7 heteroatoms. The molecule has 3 N–H and O–H groups in total. The van der Waals surface area contributed by atoms with E-state index >= 15 is 0 Å². The number of hydrogen-bond acceptors (Lipinski definition) is 4. The maximum absolute atomic E-state index is 10.4. The fraction of sp³-hybridized carbons (Fsp3) is 0.400. The van der Waals surface area contributed by atoms with Gasteiger partial charge in [-0.1, -0.05) is 5.16 Å². The zero-order chi connectivity index (χ0) is 9.56. The molecule has 0 unspecified atom stereocenters. The number of oxime groups is 1. The minimum atomic E-state index is -1.34. The summed E-state index contributed by atoms with van der Waals surface area (Å²) in [7, 11) is 0. The van der Waals surface area contributed by atoms with Crippen molar-refractivity contribution in [2.24, 2.45) is 15.4 Å². The fourth-order valence-corrected chi connectivity index (χ4v) is 0.445. The lowest BCUT2D eigenvalue weighted by atomic mass is 10.4. The molecule has 12 heavy (non-hydrogen) atoms. The van der Waals surface area contributed by atoms with Gasteiger partial charge in [0.1, 0.15) is 6.61 Å². The normalized spacial score (nSPS) is 12.8. The van der Waals surface area contributed by atoms with Gasteiger partial charge in [0.2, 0.25) is 5.71 Å². The molecule has 0 saturated heterocycles. The molecule has 0 aliphatic carbocycles. The average Bonchev–Trinajstić information content (AvgIpc) is 2.04. The Morgan fingerprint density at radius 3 is 2.67 bits per heavy atom. The topological polar surface area (TPSA) is 97.3 Å². The minimum absolute atomic E-state index is 0.242. The van der Waals surface area contributed by atoms with Crippen LogP contribution in [0.25, 0.3) is 0 Å². The van der Waals surface area contributed by atoms with Crippen molar-refractivity contribution < 1.29 is 14.7 Å². The van der Waals surface area contributed by atoms with E-state index in [0.717, 1.165) is 0 Å². The second-order valence-electron chi connectivity index (χ2n) is 1.63. The zero-order valence-electron chi connectivity index (χ0n) is 6.32. The third-order valence-corrected chi connectivity index (χ3v) is 1.00. The summed E-state index contributed by atoms with van der Waals surface area (Å²) in [4.78, 5) is 14.8. The number of nitrogens with two attached hydrogens (primary N) is 1. The molecule has 0 fully saturated rings. The molecular formula is C5H8ClN3O3. The predicted molar refractivity (Wildman–Crippen MR) is 44.2 cm³/mol. The highest BCUT2D eigenvalue weighted by molar-refractivity contribution is 6.65. The second kappa shape index (κ2) is 5.36. The van der Waals surface area contributed by atoms with Gasteiger partial charge in [0.05, 0.1) is 0 Å². The molecule has 0 atom stereocenters. The molecule has 0 aromatic rings. The van der Waals surface area contributed by atoms with Crippen LogP contribution in [0, 0.1) is 0 Å². The van der Waals surface area contributed by atoms with Crippen molar-refractivity contribution >= 4 is 29.3 Å². The Balaban J connectivity index is 4.55. The van der Waals surface area contributed by atoms with Crippen LogP contribution >= 0.6 is 11.8 Å². The van der Waals surface area contributed by atoms with E-state index in [-0.39, 0.29) is 6.61 Å². The molecule has 0 rings (SSSR count). The minimum Gasteiger partial charge on any atom is -0.476 e. The van der Waals surface area contributed by atoms with Crippen LogP contribution in [0.5, 0.6) is 0 Å². The van der Waals surface area contributed by atoms with Gasteiger partial charge in [-0.05, 0) is 6.92 Å². The van der Waals surface area contributed by atoms with E-state index in [1.807, 2.05) is 0 Å². The molecular weight excluding hydrogens is 186 g/mol. The summed E-state index contributed by atoms with van der Waals surface area (Å²) in [6.07, 6.45) is 0. The lowest BCUT2D eigenvalue weighted by Gasteiger charge is -1.97. The van der Waals surface area contributed by atoms with E-state index in [1.165, 1.54) is 0 Å². The van der Waals surface area contributed by atoms with Crippen molar-refractivity contribution in [3.63, 3.8) is 0 Å². The predicted octanol–water partition coefficient (Wildman–Crippen LogP) is -0.0255. The van der Waals surface area contributed by atoms with Gasteiger partial charge in [-0.3, -0.25) is 0 Å². The van der Waals surface area contributed by atoms with E-state index in [4.69, 9.17) is 22.6 Å². The number of aliphatic carboxylic acids is 1. The van der Waals surface area contributed by atoms with Crippen LogP contribution in [-0.4, -0.2) is 29.2 Å². The quantitative estimate of drug-likeness (QED) is 0.372. The second-order valence-corrected chi connectivity index (χ2v) is 1.80. The summed E-state index contributed by atoms with van der Waals surface area (Å²) in [6, 6.07) is 0. The smallest absolute Gasteiger partial charge is 0.361 e. The van der Waals surface area contributed by atoms with Crippen LogP contribution in [0.3, 0.4) is 0 Å². The van der Waals surface area contributed by atoms with E-state index in [9.17, 15) is 4.79 Å². The van der Waals surface area contributed by atoms with Crippen LogP contribution in [0.2, 0.25) is 0 Å². The standard InChI is InChI=1S/C5H8ClN3O3/c1-2-12-9-3(5(10)11)4(7)8-6/h2H2,1H3,(H2,7,8)(H,10,11). The van der Waals surface area contributed by atoms with Gasteiger partial charge in [-0.25, -0.2) is 4.79 Å². The third-order valence-electron chi connectivity index (χ3n) is 0.821. The highest BCUT2D eigenvalue weighted by atomic mass is 35.5. The first-order valence-electron chi connectivity index (χ1n) is 3.01. The highest BCUT2D eigenvalue weighted by Gasteiger charge is 2.15. The van der Waals surface area contributed by atoms with Gasteiger partial charge < -0.3 is 15.7 Å². The monoisotopic (exact) mass is 193 g/mol. The van der Waals surface area contributed by atoms with Gasteiger partial charge in [0.25, 0.3) is 0 Å². The van der Waals surface area contributed by atoms with Crippen LogP contribution in [0.15, 0.2) is 9.67 Å². The number of carbonyl (C=O) groups is 1. The summed E-state index contributed by atoms with van der Waals surface area (Å²) in [5.41, 5.74) is 4.58. The number of halogens is 1. The molecule has 0 bridgehead atoms. The average molecular weight is 194 g/mol. The number of amidine groups is 1. The number of hydrogen-bond donors (Lipinski definition) is 2. The number of carboxylic acids is 1. The van der Waals surface area contributed by atoms with Crippen molar-refractivity contribution in [3.8, 4) is 0 Å². The molecule has 0 aliphatic heterocycles. The molecule has 0 amide bonds. The maximum atomic E-state index is 10.4. The maximum Gasteiger partial charge on any atom is 0.361 e. The summed E-state index contributed by atoms with van der Waals surface area (Å²) in [6.45, 7) is 1.89. The van der Waals surface area contributed by atoms with Crippen LogP contribution in [0.4, 0.5) is 0 Å². The molecule has 0 heterocycles. The Kier molecular flexibility index (Phi) is 4.78. The van der Waals surface area contributed by atoms with E-state index in [1.54, 1.807) is 6.92 Å². The van der Waals surface area contributed by atoms with Gasteiger partial charge >= 0.3 is 5.97 Å². The van der Waals surface area contributed by atoms with Crippen molar-refractivity contribution in [1.82, 2.24) is 0 Å². The molecule has 0 aliphatic rings. The Morgan fingerprint density at radius 2 is 2.33 bits per heavy atom. The molecule has 0 aromatic carbocycles. The SMILES string of the molecule is CCON=C(C(=O)O)C(N)=NCl. The summed E-state index contributed by atoms with van der Waals surface area (Å²) >= 11 is 4.93. The van der Waals surface area contributed by atoms with Crippen LogP contribution in [-0.2, 0) is 9.63 Å². The first-order valence-corrected chi connectivity index (χ1v) is 3.35. The first kappa shape index (κ1) is 10.7. The van der Waals surface area contributed by atoms with Crippen LogP contribution < -0.4 is 5.73 Å². The Labute approximate surface area is 73.8 Å². The Bertz CT molecular complexity index is 226. The summed E-state index contributed by atoms with van der Waals surface area (Å²) in [5.74, 6) is -1.73. The molecule has 0 spiro atoms. The van der Waals surface area contributed by atoms with Gasteiger partial charge in [-0.2, -0.15) is 4.51 Å². The van der Waals surface area contributed by atoms with Crippen molar-refractivity contribution in [1.29, 1.82) is 0 Å². The molecule has 0 aromatic heterocycles. The third kappa shape index (κ3) is 3.20. The van der Waals surface area contributed by atoms with Crippen LogP contribution in [0.1, 0.15) is 6.92 Å². The Hall–Kier alpha value is -1.30. The van der Waals surface area contributed by atoms with Gasteiger partial charge in [0, 0.05) is 11.8 Å². The first-order chi connectivity index (χ1) is 5.63. The zero-order valence-corrected chi connectivity index (χ0v) is 7.08. The lowest BCUT2D eigenvalue weighted by molar-refractivity contribution is -0.129. The summed E-state index contributed by atoms with van der Waals surface area (Å²) < 4.78 is 2.94. The van der Waals surface area contributed by atoms with Crippen molar-refractivity contribution in [3.05, 3.63) is 0 Å². The molecule has 0 radical (unpaired) electrons. The van der Waals surface area contributed by atoms with Gasteiger partial charge in [-0.15, -0.1) is 0 Å². The van der Waals surface area contributed by atoms with E-state index in [2.05, 4.69) is 14.5 Å². The molecule has 0 saturated carbocycles. The Morgan fingerprint density at radius 1 is 1.75 bits per heavy atom. The van der Waals surface area contributed by atoms with E-state index < -0.39 is 17.5 Å². The summed E-state index contributed by atoms with van der Waals surface area (Å²) in [5, 5.41) is 11.7. The lowest BCUT2D eigenvalue weighted by Crippen LogP contribution is -2.30. The van der Waals surface area contributed by atoms with Crippen molar-refractivity contribution in [2.75, 3.05) is 6.61 Å². The largest absolute Gasteiger partial charge is 0.476 e. The molecule has 68 valence electrons. The van der Waals surface area contributed by atoms with Crippen molar-refractivity contribution in [2.45, 2.75) is 6.92 Å². The highest BCUT2D eigenvalue weighted by Crippen LogP contribution is 1.86.